The molecule has 1 heterocycles. The molecule has 0 aliphatic rings. The Morgan fingerprint density at radius 3 is 2.48 bits per heavy atom. The Morgan fingerprint density at radius 2 is 1.92 bits per heavy atom. The standard InChI is InChI=1S/C17H20F3N3OS/c1-11-4-6-14(7-5-11)25-13(3)16(24)21-8-9-23-12(2)10-15(22-23)17(18,19)20/h4-7,10,13H,8-9H2,1-3H3,(H,21,24). The van der Waals surface area contributed by atoms with E-state index in [1.165, 1.54) is 16.4 Å². The van der Waals surface area contributed by atoms with Crippen molar-refractivity contribution in [3.05, 3.63) is 47.3 Å². The quantitative estimate of drug-likeness (QED) is 0.786. The summed E-state index contributed by atoms with van der Waals surface area (Å²) in [6, 6.07) is 8.86. The molecule has 1 amide bonds. The van der Waals surface area contributed by atoms with E-state index in [0.717, 1.165) is 16.5 Å². The van der Waals surface area contributed by atoms with Crippen molar-refractivity contribution >= 4 is 17.7 Å². The highest BCUT2D eigenvalue weighted by molar-refractivity contribution is 8.00. The van der Waals surface area contributed by atoms with Gasteiger partial charge in [-0.05, 0) is 39.0 Å². The minimum Gasteiger partial charge on any atom is -0.353 e. The first kappa shape index (κ1) is 19.4. The van der Waals surface area contributed by atoms with Crippen LogP contribution in [0.3, 0.4) is 0 Å². The topological polar surface area (TPSA) is 46.9 Å². The molecule has 136 valence electrons. The molecule has 0 saturated carbocycles. The van der Waals surface area contributed by atoms with Gasteiger partial charge in [0.15, 0.2) is 5.69 Å². The molecule has 1 unspecified atom stereocenters. The van der Waals surface area contributed by atoms with E-state index in [0.29, 0.717) is 5.69 Å². The molecule has 2 rings (SSSR count). The van der Waals surface area contributed by atoms with Gasteiger partial charge in [0.2, 0.25) is 5.91 Å². The first-order chi connectivity index (χ1) is 11.7. The fraction of sp³-hybridized carbons (Fsp3) is 0.412. The molecule has 0 saturated heterocycles. The molecule has 1 aromatic carbocycles. The Bertz CT molecular complexity index is 726. The molecule has 0 bridgehead atoms. The summed E-state index contributed by atoms with van der Waals surface area (Å²) in [6.07, 6.45) is -4.46. The van der Waals surface area contributed by atoms with Crippen LogP contribution in [-0.4, -0.2) is 27.5 Å². The number of nitrogens with zero attached hydrogens (tertiary/aromatic N) is 2. The highest BCUT2D eigenvalue weighted by Crippen LogP contribution is 2.28. The summed E-state index contributed by atoms with van der Waals surface area (Å²) >= 11 is 1.43. The van der Waals surface area contributed by atoms with Crippen molar-refractivity contribution < 1.29 is 18.0 Å². The third-order valence-corrected chi connectivity index (χ3v) is 4.71. The van der Waals surface area contributed by atoms with Crippen LogP contribution in [0.4, 0.5) is 13.2 Å². The van der Waals surface area contributed by atoms with Gasteiger partial charge in [-0.15, -0.1) is 11.8 Å². The number of aryl methyl sites for hydroxylation is 2. The monoisotopic (exact) mass is 371 g/mol. The minimum atomic E-state index is -4.46. The average molecular weight is 371 g/mol. The van der Waals surface area contributed by atoms with E-state index < -0.39 is 11.9 Å². The Labute approximate surface area is 148 Å². The van der Waals surface area contributed by atoms with Crippen LogP contribution in [0, 0.1) is 13.8 Å². The van der Waals surface area contributed by atoms with Gasteiger partial charge in [0, 0.05) is 17.1 Å². The third-order valence-electron chi connectivity index (χ3n) is 3.60. The third kappa shape index (κ3) is 5.52. The molecule has 0 radical (unpaired) electrons. The van der Waals surface area contributed by atoms with Gasteiger partial charge >= 0.3 is 6.18 Å². The number of benzene rings is 1. The molecular weight excluding hydrogens is 351 g/mol. The normalized spacial score (nSPS) is 12.9. The predicted octanol–water partition coefficient (Wildman–Crippen LogP) is 3.82. The second-order valence-electron chi connectivity index (χ2n) is 5.76. The van der Waals surface area contributed by atoms with Gasteiger partial charge in [0.05, 0.1) is 11.8 Å². The maximum atomic E-state index is 12.6. The van der Waals surface area contributed by atoms with Crippen LogP contribution < -0.4 is 5.32 Å². The summed E-state index contributed by atoms with van der Waals surface area (Å²) in [5, 5.41) is 5.97. The van der Waals surface area contributed by atoms with Gasteiger partial charge in [-0.25, -0.2) is 0 Å². The van der Waals surface area contributed by atoms with E-state index in [9.17, 15) is 18.0 Å². The van der Waals surface area contributed by atoms with E-state index in [-0.39, 0.29) is 24.2 Å². The number of nitrogens with one attached hydrogen (secondary N) is 1. The first-order valence-corrected chi connectivity index (χ1v) is 8.67. The highest BCUT2D eigenvalue weighted by atomic mass is 32.2. The molecule has 8 heteroatoms. The summed E-state index contributed by atoms with van der Waals surface area (Å²) in [4.78, 5) is 13.1. The number of hydrogen-bond donors (Lipinski definition) is 1. The summed E-state index contributed by atoms with van der Waals surface area (Å²) in [7, 11) is 0. The Hall–Kier alpha value is -1.96. The molecule has 0 fully saturated rings. The van der Waals surface area contributed by atoms with E-state index in [4.69, 9.17) is 0 Å². The second-order valence-corrected chi connectivity index (χ2v) is 7.17. The maximum Gasteiger partial charge on any atom is 0.435 e. The number of carbonyl (C=O) groups excluding carboxylic acids is 1. The molecule has 0 spiro atoms. The van der Waals surface area contributed by atoms with E-state index in [2.05, 4.69) is 10.4 Å². The van der Waals surface area contributed by atoms with Crippen molar-refractivity contribution in [3.63, 3.8) is 0 Å². The molecule has 0 aliphatic carbocycles. The van der Waals surface area contributed by atoms with Crippen LogP contribution >= 0.6 is 11.8 Å². The molecule has 0 aliphatic heterocycles. The number of halogens is 3. The van der Waals surface area contributed by atoms with Crippen LogP contribution in [0.5, 0.6) is 0 Å². The van der Waals surface area contributed by atoms with Crippen molar-refractivity contribution in [1.82, 2.24) is 15.1 Å². The number of carbonyl (C=O) groups is 1. The minimum absolute atomic E-state index is 0.161. The molecule has 2 aromatic rings. The highest BCUT2D eigenvalue weighted by Gasteiger charge is 2.34. The zero-order valence-corrected chi connectivity index (χ0v) is 15.0. The van der Waals surface area contributed by atoms with Crippen molar-refractivity contribution in [3.8, 4) is 0 Å². The van der Waals surface area contributed by atoms with Crippen molar-refractivity contribution in [2.24, 2.45) is 0 Å². The lowest BCUT2D eigenvalue weighted by atomic mass is 10.2. The Morgan fingerprint density at radius 1 is 1.28 bits per heavy atom. The van der Waals surface area contributed by atoms with E-state index in [1.54, 1.807) is 13.8 Å². The van der Waals surface area contributed by atoms with Crippen LogP contribution in [0.15, 0.2) is 35.2 Å². The van der Waals surface area contributed by atoms with E-state index in [1.807, 2.05) is 31.2 Å². The van der Waals surface area contributed by atoms with Crippen molar-refractivity contribution in [2.45, 2.75) is 43.6 Å². The van der Waals surface area contributed by atoms with Crippen molar-refractivity contribution in [1.29, 1.82) is 0 Å². The van der Waals surface area contributed by atoms with Crippen LogP contribution in [0.2, 0.25) is 0 Å². The number of hydrogen-bond acceptors (Lipinski definition) is 3. The number of amides is 1. The summed E-state index contributed by atoms with van der Waals surface area (Å²) in [5.41, 5.74) is 0.637. The Kier molecular flexibility index (Phi) is 6.16. The average Bonchev–Trinajstić information content (AvgIpc) is 2.91. The zero-order valence-electron chi connectivity index (χ0n) is 14.2. The second kappa shape index (κ2) is 7.95. The predicted molar refractivity (Wildman–Crippen MR) is 91.5 cm³/mol. The number of alkyl halides is 3. The molecule has 1 aromatic heterocycles. The van der Waals surface area contributed by atoms with Crippen LogP contribution in [0.1, 0.15) is 23.9 Å². The SMILES string of the molecule is Cc1ccc(SC(C)C(=O)NCCn2nc(C(F)(F)F)cc2C)cc1. The van der Waals surface area contributed by atoms with Crippen molar-refractivity contribution in [2.75, 3.05) is 6.54 Å². The smallest absolute Gasteiger partial charge is 0.353 e. The van der Waals surface area contributed by atoms with Gasteiger partial charge in [-0.2, -0.15) is 18.3 Å². The first-order valence-electron chi connectivity index (χ1n) is 7.79. The van der Waals surface area contributed by atoms with Crippen LogP contribution in [0.25, 0.3) is 0 Å². The lowest BCUT2D eigenvalue weighted by Crippen LogP contribution is -2.33. The van der Waals surface area contributed by atoms with Gasteiger partial charge < -0.3 is 5.32 Å². The van der Waals surface area contributed by atoms with Gasteiger partial charge in [-0.3, -0.25) is 9.48 Å². The number of rotatable bonds is 6. The van der Waals surface area contributed by atoms with Gasteiger partial charge in [0.1, 0.15) is 0 Å². The molecular formula is C17H20F3N3OS. The van der Waals surface area contributed by atoms with E-state index >= 15 is 0 Å². The fourth-order valence-corrected chi connectivity index (χ4v) is 3.07. The lowest BCUT2D eigenvalue weighted by Gasteiger charge is -2.12. The number of thioether (sulfide) groups is 1. The summed E-state index contributed by atoms with van der Waals surface area (Å²) in [5.74, 6) is -0.161. The summed E-state index contributed by atoms with van der Waals surface area (Å²) in [6.45, 7) is 5.75. The Balaban J connectivity index is 1.83. The molecule has 4 nitrogen and oxygen atoms in total. The zero-order chi connectivity index (χ0) is 18.6. The molecule has 25 heavy (non-hydrogen) atoms. The van der Waals surface area contributed by atoms with Gasteiger partial charge in [0.25, 0.3) is 0 Å². The summed E-state index contributed by atoms with van der Waals surface area (Å²) < 4.78 is 39.1. The number of aromatic nitrogens is 2. The van der Waals surface area contributed by atoms with Crippen LogP contribution in [-0.2, 0) is 17.5 Å². The maximum absolute atomic E-state index is 12.6. The molecule has 1 N–H and O–H groups in total. The lowest BCUT2D eigenvalue weighted by molar-refractivity contribution is -0.141. The fourth-order valence-electron chi connectivity index (χ4n) is 2.18. The molecule has 1 atom stereocenters. The largest absolute Gasteiger partial charge is 0.435 e. The van der Waals surface area contributed by atoms with Gasteiger partial charge in [-0.1, -0.05) is 17.7 Å².